The van der Waals surface area contributed by atoms with Crippen LogP contribution < -0.4 is 15.2 Å². The monoisotopic (exact) mass is 330 g/mol. The third-order valence-corrected chi connectivity index (χ3v) is 3.80. The minimum absolute atomic E-state index is 0.260. The van der Waals surface area contributed by atoms with Gasteiger partial charge in [0.05, 0.1) is 12.0 Å². The number of rotatable bonds is 8. The summed E-state index contributed by atoms with van der Waals surface area (Å²) < 4.78 is 5.30. The summed E-state index contributed by atoms with van der Waals surface area (Å²) in [7, 11) is 0. The lowest BCUT2D eigenvalue weighted by Gasteiger charge is -2.19. The van der Waals surface area contributed by atoms with Gasteiger partial charge >= 0.3 is 0 Å². The molecule has 0 radical (unpaired) electrons. The summed E-state index contributed by atoms with van der Waals surface area (Å²) in [6.07, 6.45) is 2.18. The maximum atomic E-state index is 11.7. The Kier molecular flexibility index (Phi) is 7.39. The summed E-state index contributed by atoms with van der Waals surface area (Å²) in [5.74, 6) is -0.672. The van der Waals surface area contributed by atoms with E-state index < -0.39 is 17.9 Å². The van der Waals surface area contributed by atoms with Crippen LogP contribution in [0.3, 0.4) is 0 Å². The fraction of sp³-hybridized carbons (Fsp3) is 0.429. The van der Waals surface area contributed by atoms with Crippen molar-refractivity contribution in [3.05, 3.63) is 28.8 Å². The molecular formula is C14H17ClNO4S-. The molecule has 5 nitrogen and oxygen atoms in total. The summed E-state index contributed by atoms with van der Waals surface area (Å²) >= 11 is 7.39. The van der Waals surface area contributed by atoms with Crippen molar-refractivity contribution in [1.82, 2.24) is 5.32 Å². The summed E-state index contributed by atoms with van der Waals surface area (Å²) in [6, 6.07) is 4.03. The molecule has 1 N–H and O–H groups in total. The minimum atomic E-state index is -1.29. The van der Waals surface area contributed by atoms with Gasteiger partial charge in [-0.05, 0) is 49.1 Å². The molecule has 21 heavy (non-hydrogen) atoms. The second-order valence-electron chi connectivity index (χ2n) is 4.42. The average Bonchev–Trinajstić information content (AvgIpc) is 2.44. The van der Waals surface area contributed by atoms with Crippen molar-refractivity contribution >= 4 is 35.2 Å². The number of aryl methyl sites for hydroxylation is 1. The first-order valence-electron chi connectivity index (χ1n) is 6.32. The molecule has 0 fully saturated rings. The third kappa shape index (κ3) is 6.27. The van der Waals surface area contributed by atoms with Gasteiger partial charge in [-0.15, -0.1) is 0 Å². The van der Waals surface area contributed by atoms with Gasteiger partial charge in [0.1, 0.15) is 5.75 Å². The highest BCUT2D eigenvalue weighted by Gasteiger charge is 2.13. The van der Waals surface area contributed by atoms with E-state index in [0.717, 1.165) is 5.56 Å². The van der Waals surface area contributed by atoms with Gasteiger partial charge in [-0.1, -0.05) is 11.6 Å². The highest BCUT2D eigenvalue weighted by Crippen LogP contribution is 2.20. The molecule has 0 aliphatic carbocycles. The van der Waals surface area contributed by atoms with Gasteiger partial charge in [0.2, 0.25) is 0 Å². The molecular weight excluding hydrogens is 314 g/mol. The molecule has 0 aromatic heterocycles. The Morgan fingerprint density at radius 3 is 2.76 bits per heavy atom. The van der Waals surface area contributed by atoms with Crippen LogP contribution >= 0.6 is 23.4 Å². The number of thioether (sulfide) groups is 1. The number of benzene rings is 1. The van der Waals surface area contributed by atoms with Crippen LogP contribution in [0, 0.1) is 6.92 Å². The predicted molar refractivity (Wildman–Crippen MR) is 81.6 cm³/mol. The van der Waals surface area contributed by atoms with Crippen LogP contribution in [0.15, 0.2) is 18.2 Å². The maximum Gasteiger partial charge on any atom is 0.258 e. The molecule has 1 amide bonds. The number of amides is 1. The largest absolute Gasteiger partial charge is 0.548 e. The first kappa shape index (κ1) is 17.7. The second-order valence-corrected chi connectivity index (χ2v) is 5.81. The van der Waals surface area contributed by atoms with Crippen LogP contribution in [-0.2, 0) is 9.59 Å². The minimum Gasteiger partial charge on any atom is -0.548 e. The summed E-state index contributed by atoms with van der Waals surface area (Å²) in [4.78, 5) is 22.6. The molecule has 0 saturated carbocycles. The van der Waals surface area contributed by atoms with E-state index in [1.807, 2.05) is 13.2 Å². The van der Waals surface area contributed by atoms with Crippen LogP contribution in [-0.4, -0.2) is 36.5 Å². The smallest absolute Gasteiger partial charge is 0.258 e. The SMILES string of the molecule is CSCC[C@H](NC(=O)COc1ccc(Cl)c(C)c1)C(=O)[O-]. The zero-order chi connectivity index (χ0) is 15.8. The lowest BCUT2D eigenvalue weighted by atomic mass is 10.2. The normalized spacial score (nSPS) is 11.8. The van der Waals surface area contributed by atoms with Gasteiger partial charge in [0.15, 0.2) is 6.61 Å². The Morgan fingerprint density at radius 1 is 1.48 bits per heavy atom. The molecule has 0 aliphatic rings. The van der Waals surface area contributed by atoms with E-state index in [-0.39, 0.29) is 6.61 Å². The molecule has 1 aromatic carbocycles. The molecule has 0 unspecified atom stereocenters. The molecule has 0 spiro atoms. The zero-order valence-corrected chi connectivity index (χ0v) is 13.4. The average molecular weight is 331 g/mol. The van der Waals surface area contributed by atoms with Gasteiger partial charge < -0.3 is 20.0 Å². The summed E-state index contributed by atoms with van der Waals surface area (Å²) in [5.41, 5.74) is 0.835. The molecule has 0 aliphatic heterocycles. The molecule has 7 heteroatoms. The number of carbonyl (C=O) groups is 2. The van der Waals surface area contributed by atoms with Crippen LogP contribution in [0.4, 0.5) is 0 Å². The van der Waals surface area contributed by atoms with Crippen molar-refractivity contribution in [3.8, 4) is 5.75 Å². The van der Waals surface area contributed by atoms with Crippen molar-refractivity contribution in [2.75, 3.05) is 18.6 Å². The van der Waals surface area contributed by atoms with Gasteiger partial charge in [0, 0.05) is 5.02 Å². The topological polar surface area (TPSA) is 78.5 Å². The van der Waals surface area contributed by atoms with E-state index >= 15 is 0 Å². The van der Waals surface area contributed by atoms with Crippen molar-refractivity contribution in [1.29, 1.82) is 0 Å². The fourth-order valence-electron chi connectivity index (χ4n) is 1.58. The second kappa shape index (κ2) is 8.79. The summed E-state index contributed by atoms with van der Waals surface area (Å²) in [6.45, 7) is 1.56. The molecule has 0 bridgehead atoms. The molecule has 1 atom stereocenters. The Bertz CT molecular complexity index is 510. The standard InChI is InChI=1S/C14H18ClNO4S/c1-9-7-10(3-4-11(9)15)20-8-13(17)16-12(14(18)19)5-6-21-2/h3-4,7,12H,5-6,8H2,1-2H3,(H,16,17)(H,18,19)/p-1/t12-/m0/s1. The maximum absolute atomic E-state index is 11.7. The van der Waals surface area contributed by atoms with Gasteiger partial charge in [-0.3, -0.25) is 4.79 Å². The van der Waals surface area contributed by atoms with E-state index in [9.17, 15) is 14.7 Å². The number of carboxylic acid groups (broad SMARTS) is 1. The Labute approximate surface area is 133 Å². The van der Waals surface area contributed by atoms with Crippen LogP contribution in [0.1, 0.15) is 12.0 Å². The van der Waals surface area contributed by atoms with Crippen LogP contribution in [0.2, 0.25) is 5.02 Å². The zero-order valence-electron chi connectivity index (χ0n) is 11.8. The number of carbonyl (C=O) groups excluding carboxylic acids is 2. The van der Waals surface area contributed by atoms with Crippen LogP contribution in [0.5, 0.6) is 5.75 Å². The predicted octanol–water partition coefficient (Wildman–Crippen LogP) is 1.02. The number of carboxylic acids is 1. The third-order valence-electron chi connectivity index (χ3n) is 2.73. The summed E-state index contributed by atoms with van der Waals surface area (Å²) in [5, 5.41) is 13.9. The van der Waals surface area contributed by atoms with Gasteiger partial charge in [-0.25, -0.2) is 0 Å². The van der Waals surface area contributed by atoms with Crippen molar-refractivity contribution in [2.24, 2.45) is 0 Å². The van der Waals surface area contributed by atoms with Crippen molar-refractivity contribution < 1.29 is 19.4 Å². The van der Waals surface area contributed by atoms with Crippen LogP contribution in [0.25, 0.3) is 0 Å². The molecule has 0 heterocycles. The molecule has 116 valence electrons. The van der Waals surface area contributed by atoms with Crippen molar-refractivity contribution in [2.45, 2.75) is 19.4 Å². The molecule has 0 saturated heterocycles. The fourth-order valence-corrected chi connectivity index (χ4v) is 2.17. The number of aliphatic carboxylic acids is 1. The first-order valence-corrected chi connectivity index (χ1v) is 8.09. The van der Waals surface area contributed by atoms with E-state index in [1.54, 1.807) is 18.2 Å². The quantitative estimate of drug-likeness (QED) is 0.769. The Morgan fingerprint density at radius 2 is 2.19 bits per heavy atom. The van der Waals surface area contributed by atoms with E-state index in [2.05, 4.69) is 5.32 Å². The lowest BCUT2D eigenvalue weighted by molar-refractivity contribution is -0.308. The first-order chi connectivity index (χ1) is 9.93. The Hall–Kier alpha value is -1.40. The number of halogens is 1. The lowest BCUT2D eigenvalue weighted by Crippen LogP contribution is -2.49. The van der Waals surface area contributed by atoms with E-state index in [4.69, 9.17) is 16.3 Å². The Balaban J connectivity index is 2.48. The van der Waals surface area contributed by atoms with Gasteiger partial charge in [-0.2, -0.15) is 11.8 Å². The molecule has 1 rings (SSSR count). The highest BCUT2D eigenvalue weighted by atomic mass is 35.5. The van der Waals surface area contributed by atoms with E-state index in [1.165, 1.54) is 11.8 Å². The van der Waals surface area contributed by atoms with E-state index in [0.29, 0.717) is 22.9 Å². The molecule has 1 aromatic rings. The number of ether oxygens (including phenoxy) is 1. The van der Waals surface area contributed by atoms with Crippen molar-refractivity contribution in [3.63, 3.8) is 0 Å². The number of hydrogen-bond acceptors (Lipinski definition) is 5. The number of hydrogen-bond donors (Lipinski definition) is 1. The number of nitrogens with one attached hydrogen (secondary N) is 1. The van der Waals surface area contributed by atoms with Gasteiger partial charge in [0.25, 0.3) is 5.91 Å². The highest BCUT2D eigenvalue weighted by molar-refractivity contribution is 7.98.